The van der Waals surface area contributed by atoms with Gasteiger partial charge in [-0.2, -0.15) is 0 Å². The van der Waals surface area contributed by atoms with Gasteiger partial charge in [0.2, 0.25) is 11.8 Å². The first-order valence-corrected chi connectivity index (χ1v) is 6.04. The number of carbonyl (C=O) groups is 1. The first-order valence-electron chi connectivity index (χ1n) is 6.04. The van der Waals surface area contributed by atoms with Crippen molar-refractivity contribution in [2.45, 2.75) is 6.61 Å². The molecule has 0 aliphatic heterocycles. The highest BCUT2D eigenvalue weighted by Crippen LogP contribution is 2.22. The normalized spacial score (nSPS) is 9.57. The van der Waals surface area contributed by atoms with Gasteiger partial charge in [0.15, 0.2) is 0 Å². The summed E-state index contributed by atoms with van der Waals surface area (Å²) < 4.78 is 10.7. The molecule has 0 saturated heterocycles. The third-order valence-corrected chi connectivity index (χ3v) is 2.68. The molecule has 21 heavy (non-hydrogen) atoms. The van der Waals surface area contributed by atoms with Crippen LogP contribution in [-0.4, -0.2) is 18.0 Å². The average Bonchev–Trinajstić information content (AvgIpc) is 2.54. The second kappa shape index (κ2) is 6.93. The van der Waals surface area contributed by atoms with Gasteiger partial charge in [-0.05, 0) is 34.9 Å². The first-order chi connectivity index (χ1) is 10.2. The Bertz CT molecular complexity index is 682. The number of benzene rings is 1. The van der Waals surface area contributed by atoms with Crippen LogP contribution in [0.5, 0.6) is 11.6 Å². The summed E-state index contributed by atoms with van der Waals surface area (Å²) in [5.41, 5.74) is 9.23. The minimum absolute atomic E-state index is 0.178. The fourth-order valence-corrected chi connectivity index (χ4v) is 1.71. The predicted octanol–water partition coefficient (Wildman–Crippen LogP) is 3.12. The van der Waals surface area contributed by atoms with Crippen molar-refractivity contribution in [1.29, 1.82) is 0 Å². The highest BCUT2D eigenvalue weighted by Gasteiger charge is 2.10. The number of nitrogens with zero attached hydrogens (tertiary/aromatic N) is 4. The summed E-state index contributed by atoms with van der Waals surface area (Å²) in [7, 11) is 1.52. The monoisotopic (exact) mass is 284 g/mol. The van der Waals surface area contributed by atoms with Crippen molar-refractivity contribution in [3.05, 3.63) is 64.2 Å². The minimum atomic E-state index is -0.653. The largest absolute Gasteiger partial charge is 0.496 e. The average molecular weight is 284 g/mol. The van der Waals surface area contributed by atoms with E-state index in [-0.39, 0.29) is 12.2 Å². The molecule has 1 aromatic carbocycles. The molecule has 0 spiro atoms. The molecule has 2 aromatic rings. The molecule has 1 amide bonds. The van der Waals surface area contributed by atoms with Crippen LogP contribution in [0.2, 0.25) is 0 Å². The van der Waals surface area contributed by atoms with Crippen molar-refractivity contribution >= 4 is 5.91 Å². The van der Waals surface area contributed by atoms with E-state index >= 15 is 0 Å². The molecule has 0 unspecified atom stereocenters. The fourth-order valence-electron chi connectivity index (χ4n) is 1.71. The van der Waals surface area contributed by atoms with Crippen molar-refractivity contribution in [2.24, 2.45) is 5.11 Å². The number of carbonyl (C=O) groups excluding carboxylic acids is 1. The van der Waals surface area contributed by atoms with E-state index in [9.17, 15) is 4.79 Å². The van der Waals surface area contributed by atoms with Gasteiger partial charge >= 0.3 is 0 Å². The number of hydrogen-bond donors (Lipinski definition) is 0. The Labute approximate surface area is 120 Å². The minimum Gasteiger partial charge on any atom is -0.496 e. The first kappa shape index (κ1) is 14.4. The number of hydrogen-bond acceptors (Lipinski definition) is 4. The Kier molecular flexibility index (Phi) is 4.74. The van der Waals surface area contributed by atoms with E-state index in [2.05, 4.69) is 15.0 Å². The zero-order valence-electron chi connectivity index (χ0n) is 11.3. The molecule has 7 heteroatoms. The van der Waals surface area contributed by atoms with E-state index in [4.69, 9.17) is 15.0 Å². The lowest BCUT2D eigenvalue weighted by Crippen LogP contribution is -2.02. The van der Waals surface area contributed by atoms with Crippen LogP contribution in [0.25, 0.3) is 10.4 Å². The molecule has 0 bridgehead atoms. The third-order valence-electron chi connectivity index (χ3n) is 2.68. The molecular weight excluding hydrogens is 272 g/mol. The number of methoxy groups -OCH3 is 1. The molecule has 0 saturated carbocycles. The second-order valence-electron chi connectivity index (χ2n) is 3.98. The molecule has 0 aliphatic rings. The van der Waals surface area contributed by atoms with Gasteiger partial charge in [-0.15, -0.1) is 0 Å². The van der Waals surface area contributed by atoms with Crippen molar-refractivity contribution in [2.75, 3.05) is 7.11 Å². The van der Waals surface area contributed by atoms with Gasteiger partial charge in [0.1, 0.15) is 12.4 Å². The fraction of sp³-hybridized carbons (Fsp3) is 0.143. The van der Waals surface area contributed by atoms with E-state index in [0.717, 1.165) is 0 Å². The van der Waals surface area contributed by atoms with E-state index in [1.807, 2.05) is 0 Å². The molecule has 7 nitrogen and oxygen atoms in total. The Morgan fingerprint density at radius 3 is 2.90 bits per heavy atom. The van der Waals surface area contributed by atoms with E-state index < -0.39 is 5.91 Å². The Morgan fingerprint density at radius 1 is 1.38 bits per heavy atom. The SMILES string of the molecule is COc1ccc(C(=O)N=[N+]=[N-])cc1COc1ccccn1. The van der Waals surface area contributed by atoms with Crippen LogP contribution in [0.4, 0.5) is 0 Å². The summed E-state index contributed by atoms with van der Waals surface area (Å²) in [6.07, 6.45) is 1.62. The second-order valence-corrected chi connectivity index (χ2v) is 3.98. The number of pyridine rings is 1. The molecule has 1 aromatic heterocycles. The molecule has 0 N–H and O–H groups in total. The number of azide groups is 1. The standard InChI is InChI=1S/C14H12N4O3/c1-20-12-6-5-10(14(19)17-18-15)8-11(12)9-21-13-4-2-3-7-16-13/h2-8H,9H2,1H3. The summed E-state index contributed by atoms with van der Waals surface area (Å²) in [6, 6.07) is 10.0. The number of ether oxygens (including phenoxy) is 2. The number of aromatic nitrogens is 1. The van der Waals surface area contributed by atoms with E-state index in [0.29, 0.717) is 17.2 Å². The van der Waals surface area contributed by atoms with Gasteiger partial charge in [-0.3, -0.25) is 4.79 Å². The van der Waals surface area contributed by atoms with E-state index in [1.54, 1.807) is 36.5 Å². The van der Waals surface area contributed by atoms with Crippen molar-refractivity contribution in [3.8, 4) is 11.6 Å². The maximum atomic E-state index is 11.6. The molecular formula is C14H12N4O3. The lowest BCUT2D eigenvalue weighted by Gasteiger charge is -2.10. The third kappa shape index (κ3) is 3.71. The van der Waals surface area contributed by atoms with Crippen LogP contribution in [0.1, 0.15) is 15.9 Å². The van der Waals surface area contributed by atoms with Crippen molar-refractivity contribution < 1.29 is 14.3 Å². The number of rotatable bonds is 5. The lowest BCUT2D eigenvalue weighted by atomic mass is 10.1. The Hall–Kier alpha value is -3.05. The molecule has 0 fully saturated rings. The summed E-state index contributed by atoms with van der Waals surface area (Å²) in [5.74, 6) is 0.383. The van der Waals surface area contributed by atoms with Gasteiger partial charge in [-0.25, -0.2) is 4.98 Å². The smallest absolute Gasteiger partial charge is 0.249 e. The van der Waals surface area contributed by atoms with Crippen molar-refractivity contribution in [3.63, 3.8) is 0 Å². The molecule has 0 radical (unpaired) electrons. The Morgan fingerprint density at radius 2 is 2.24 bits per heavy atom. The van der Waals surface area contributed by atoms with Crippen LogP contribution in [0, 0.1) is 0 Å². The highest BCUT2D eigenvalue weighted by molar-refractivity contribution is 5.95. The topological polar surface area (TPSA) is 97.2 Å². The van der Waals surface area contributed by atoms with Gasteiger partial charge in [0, 0.05) is 28.3 Å². The van der Waals surface area contributed by atoms with Crippen LogP contribution in [0.3, 0.4) is 0 Å². The number of amides is 1. The van der Waals surface area contributed by atoms with Crippen molar-refractivity contribution in [1.82, 2.24) is 4.98 Å². The summed E-state index contributed by atoms with van der Waals surface area (Å²) in [6.45, 7) is 0.178. The van der Waals surface area contributed by atoms with E-state index in [1.165, 1.54) is 13.2 Å². The Balaban J connectivity index is 2.21. The van der Waals surface area contributed by atoms with Gasteiger partial charge in [-0.1, -0.05) is 6.07 Å². The van der Waals surface area contributed by atoms with Gasteiger partial charge < -0.3 is 9.47 Å². The molecule has 0 atom stereocenters. The van der Waals surface area contributed by atoms with Crippen LogP contribution in [0.15, 0.2) is 47.7 Å². The summed E-state index contributed by atoms with van der Waals surface area (Å²) >= 11 is 0. The molecule has 0 aliphatic carbocycles. The van der Waals surface area contributed by atoms with Crippen LogP contribution >= 0.6 is 0 Å². The molecule has 2 rings (SSSR count). The van der Waals surface area contributed by atoms with Gasteiger partial charge in [0.25, 0.3) is 0 Å². The lowest BCUT2D eigenvalue weighted by molar-refractivity contribution is 0.1000. The predicted molar refractivity (Wildman–Crippen MR) is 75.0 cm³/mol. The van der Waals surface area contributed by atoms with Crippen LogP contribution < -0.4 is 9.47 Å². The molecule has 106 valence electrons. The maximum Gasteiger partial charge on any atom is 0.249 e. The quantitative estimate of drug-likeness (QED) is 0.478. The maximum absolute atomic E-state index is 11.6. The van der Waals surface area contributed by atoms with Gasteiger partial charge in [0.05, 0.1) is 7.11 Å². The molecule has 1 heterocycles. The van der Waals surface area contributed by atoms with Crippen LogP contribution in [-0.2, 0) is 6.61 Å². The zero-order valence-corrected chi connectivity index (χ0v) is 11.3. The summed E-state index contributed by atoms with van der Waals surface area (Å²) in [4.78, 5) is 18.1. The zero-order chi connectivity index (χ0) is 15.1. The highest BCUT2D eigenvalue weighted by atomic mass is 16.5. The summed E-state index contributed by atoms with van der Waals surface area (Å²) in [5, 5.41) is 3.06.